The van der Waals surface area contributed by atoms with E-state index in [-0.39, 0.29) is 5.75 Å². The van der Waals surface area contributed by atoms with E-state index in [9.17, 15) is 9.90 Å². The molecular weight excluding hydrogens is 460 g/mol. The van der Waals surface area contributed by atoms with Crippen LogP contribution in [0.1, 0.15) is 54.2 Å². The molecule has 0 aliphatic rings. The van der Waals surface area contributed by atoms with Crippen LogP contribution in [0, 0.1) is 13.8 Å². The van der Waals surface area contributed by atoms with Gasteiger partial charge < -0.3 is 10.2 Å². The van der Waals surface area contributed by atoms with Gasteiger partial charge in [-0.1, -0.05) is 64.3 Å². The second-order valence-electron chi connectivity index (χ2n) is 5.65. The summed E-state index contributed by atoms with van der Waals surface area (Å²) >= 11 is 6.66. The van der Waals surface area contributed by atoms with E-state index in [1.807, 2.05) is 39.0 Å². The van der Waals surface area contributed by atoms with Crippen molar-refractivity contribution < 1.29 is 15.0 Å². The molecule has 142 valence electrons. The fourth-order valence-corrected chi connectivity index (χ4v) is 2.49. The third-order valence-corrected chi connectivity index (χ3v) is 4.80. The highest BCUT2D eigenvalue weighted by molar-refractivity contribution is 9.10. The quantitative estimate of drug-likeness (QED) is 0.442. The molecule has 0 fully saturated rings. The number of halogens is 2. The van der Waals surface area contributed by atoms with Gasteiger partial charge in [-0.15, -0.1) is 0 Å². The number of allylic oxidation sites excluding steroid dienone is 1. The lowest BCUT2D eigenvalue weighted by Gasteiger charge is -2.02. The van der Waals surface area contributed by atoms with Crippen molar-refractivity contribution in [3.05, 3.63) is 61.5 Å². The minimum atomic E-state index is 0.0284. The molecular formula is C21H26Br2O3. The van der Waals surface area contributed by atoms with Gasteiger partial charge in [0.05, 0.1) is 5.56 Å². The summed E-state index contributed by atoms with van der Waals surface area (Å²) in [6.07, 6.45) is 5.65. The van der Waals surface area contributed by atoms with Crippen LogP contribution >= 0.6 is 31.9 Å². The third-order valence-electron chi connectivity index (χ3n) is 3.09. The number of phenolic OH excluding ortho intramolecular Hbond substituents is 2. The highest BCUT2D eigenvalue weighted by Crippen LogP contribution is 2.27. The maximum absolute atomic E-state index is 10.3. The predicted octanol–water partition coefficient (Wildman–Crippen LogP) is 7.19. The summed E-state index contributed by atoms with van der Waals surface area (Å²) in [5.74, 6) is 0.356. The zero-order valence-electron chi connectivity index (χ0n) is 15.8. The Labute approximate surface area is 173 Å². The number of rotatable bonds is 2. The summed E-state index contributed by atoms with van der Waals surface area (Å²) in [5, 5.41) is 18.6. The minimum absolute atomic E-state index is 0.0284. The zero-order valence-corrected chi connectivity index (χ0v) is 19.0. The van der Waals surface area contributed by atoms with E-state index in [0.29, 0.717) is 17.6 Å². The molecule has 5 heteroatoms. The minimum Gasteiger partial charge on any atom is -0.507 e. The van der Waals surface area contributed by atoms with Gasteiger partial charge in [-0.2, -0.15) is 0 Å². The number of carbonyl (C=O) groups excluding carboxylic acids is 1. The van der Waals surface area contributed by atoms with Gasteiger partial charge in [-0.3, -0.25) is 4.79 Å². The molecule has 0 heterocycles. The van der Waals surface area contributed by atoms with E-state index in [2.05, 4.69) is 45.7 Å². The molecule has 0 saturated heterocycles. The van der Waals surface area contributed by atoms with Crippen molar-refractivity contribution in [1.29, 1.82) is 0 Å². The largest absolute Gasteiger partial charge is 0.507 e. The van der Waals surface area contributed by atoms with Crippen molar-refractivity contribution in [3.63, 3.8) is 0 Å². The molecule has 0 saturated carbocycles. The van der Waals surface area contributed by atoms with Gasteiger partial charge in [0.2, 0.25) is 0 Å². The Bertz CT molecular complexity index is 753. The lowest BCUT2D eigenvalue weighted by Crippen LogP contribution is -1.83. The fourth-order valence-electron chi connectivity index (χ4n) is 1.77. The number of hydrogen-bond acceptors (Lipinski definition) is 3. The van der Waals surface area contributed by atoms with Gasteiger partial charge in [-0.25, -0.2) is 0 Å². The topological polar surface area (TPSA) is 57.5 Å². The molecule has 2 aromatic rings. The first-order valence-electron chi connectivity index (χ1n) is 8.27. The Hall–Kier alpha value is -1.59. The smallest absolute Gasteiger partial charge is 0.153 e. The molecule has 0 unspecified atom stereocenters. The van der Waals surface area contributed by atoms with Crippen molar-refractivity contribution in [2.75, 3.05) is 0 Å². The van der Waals surface area contributed by atoms with Gasteiger partial charge in [0, 0.05) is 14.5 Å². The number of benzene rings is 2. The third kappa shape index (κ3) is 8.19. The molecule has 26 heavy (non-hydrogen) atoms. The predicted molar refractivity (Wildman–Crippen MR) is 117 cm³/mol. The number of aryl methyl sites for hydroxylation is 2. The van der Waals surface area contributed by atoms with Gasteiger partial charge in [0.1, 0.15) is 11.5 Å². The summed E-state index contributed by atoms with van der Waals surface area (Å²) in [6, 6.07) is 6.80. The maximum Gasteiger partial charge on any atom is 0.153 e. The molecule has 2 rings (SSSR count). The average Bonchev–Trinajstić information content (AvgIpc) is 2.57. The monoisotopic (exact) mass is 484 g/mol. The Morgan fingerprint density at radius 1 is 0.885 bits per heavy atom. The van der Waals surface area contributed by atoms with E-state index in [0.717, 1.165) is 25.6 Å². The standard InChI is InChI=1S/C10H11BrO.C8H7BrO2.C3H8/c1-3-4-8-6-9(11)7(2)5-10(8)12;1-5-2-8(11)6(4-10)3-7(5)9;1-3-2/h3-6,12H,1-2H3;2-4,11H,1H3;3H2,1-2H3/b4-3+;;. The van der Waals surface area contributed by atoms with Gasteiger partial charge in [-0.05, 0) is 56.2 Å². The fraction of sp³-hybridized carbons (Fsp3) is 0.286. The average molecular weight is 486 g/mol. The number of aromatic hydroxyl groups is 2. The first-order chi connectivity index (χ1) is 12.2. The highest BCUT2D eigenvalue weighted by atomic mass is 79.9. The number of carbonyl (C=O) groups is 1. The molecule has 0 spiro atoms. The summed E-state index contributed by atoms with van der Waals surface area (Å²) in [5.41, 5.74) is 3.10. The first kappa shape index (κ1) is 24.4. The van der Waals surface area contributed by atoms with E-state index >= 15 is 0 Å². The highest BCUT2D eigenvalue weighted by Gasteiger charge is 2.03. The molecule has 2 aromatic carbocycles. The van der Waals surface area contributed by atoms with E-state index in [4.69, 9.17) is 5.11 Å². The first-order valence-corrected chi connectivity index (χ1v) is 9.86. The van der Waals surface area contributed by atoms with Crippen LogP contribution in [0.5, 0.6) is 11.5 Å². The molecule has 0 bridgehead atoms. The number of hydrogen-bond donors (Lipinski definition) is 2. The lowest BCUT2D eigenvalue weighted by atomic mass is 10.1. The van der Waals surface area contributed by atoms with Gasteiger partial charge >= 0.3 is 0 Å². The molecule has 2 N–H and O–H groups in total. The summed E-state index contributed by atoms with van der Waals surface area (Å²) in [7, 11) is 0. The van der Waals surface area contributed by atoms with E-state index in [1.54, 1.807) is 18.2 Å². The molecule has 0 radical (unpaired) electrons. The SMILES string of the molecule is C/C=C/c1cc(Br)c(C)cc1O.CCC.Cc1cc(O)c(C=O)cc1Br. The van der Waals surface area contributed by atoms with Gasteiger partial charge in [0.25, 0.3) is 0 Å². The summed E-state index contributed by atoms with van der Waals surface area (Å²) < 4.78 is 1.85. The van der Waals surface area contributed by atoms with E-state index < -0.39 is 0 Å². The van der Waals surface area contributed by atoms with Crippen molar-refractivity contribution >= 4 is 44.2 Å². The van der Waals surface area contributed by atoms with Crippen molar-refractivity contribution in [3.8, 4) is 11.5 Å². The Kier molecular flexibility index (Phi) is 11.9. The van der Waals surface area contributed by atoms with Crippen LogP contribution < -0.4 is 0 Å². The Morgan fingerprint density at radius 3 is 1.65 bits per heavy atom. The second-order valence-corrected chi connectivity index (χ2v) is 7.35. The normalized spacial score (nSPS) is 9.81. The molecule has 3 nitrogen and oxygen atoms in total. The number of phenols is 2. The van der Waals surface area contributed by atoms with Crippen LogP contribution in [0.2, 0.25) is 0 Å². The van der Waals surface area contributed by atoms with Crippen molar-refractivity contribution in [1.82, 2.24) is 0 Å². The van der Waals surface area contributed by atoms with Crippen LogP contribution in [-0.2, 0) is 0 Å². The van der Waals surface area contributed by atoms with Crippen LogP contribution in [0.3, 0.4) is 0 Å². The van der Waals surface area contributed by atoms with Gasteiger partial charge in [0.15, 0.2) is 6.29 Å². The van der Waals surface area contributed by atoms with Crippen LogP contribution in [0.4, 0.5) is 0 Å². The number of aldehydes is 1. The summed E-state index contributed by atoms with van der Waals surface area (Å²) in [4.78, 5) is 10.3. The van der Waals surface area contributed by atoms with Crippen LogP contribution in [0.15, 0.2) is 39.3 Å². The maximum atomic E-state index is 10.3. The van der Waals surface area contributed by atoms with Crippen molar-refractivity contribution in [2.24, 2.45) is 0 Å². The van der Waals surface area contributed by atoms with Crippen LogP contribution in [0.25, 0.3) is 6.08 Å². The Balaban J connectivity index is 0.000000419. The lowest BCUT2D eigenvalue weighted by molar-refractivity contribution is 0.112. The van der Waals surface area contributed by atoms with E-state index in [1.165, 1.54) is 6.42 Å². The molecule has 0 atom stereocenters. The van der Waals surface area contributed by atoms with Crippen molar-refractivity contribution in [2.45, 2.75) is 41.0 Å². The molecule has 0 aromatic heterocycles. The second kappa shape index (κ2) is 12.7. The molecule has 0 aliphatic heterocycles. The summed E-state index contributed by atoms with van der Waals surface area (Å²) in [6.45, 7) is 9.97. The zero-order chi connectivity index (χ0) is 20.3. The Morgan fingerprint density at radius 2 is 1.27 bits per heavy atom. The molecule has 0 aliphatic carbocycles. The molecule has 0 amide bonds. The van der Waals surface area contributed by atoms with Crippen LogP contribution in [-0.4, -0.2) is 16.5 Å².